The Balaban J connectivity index is 1.31. The molecule has 13 nitrogen and oxygen atoms in total. The molecule has 286 valence electrons. The van der Waals surface area contributed by atoms with Crippen molar-refractivity contribution in [2.45, 2.75) is 99.4 Å². The van der Waals surface area contributed by atoms with Crippen molar-refractivity contribution in [2.24, 2.45) is 5.92 Å². The van der Waals surface area contributed by atoms with E-state index in [0.717, 1.165) is 15.8 Å². The van der Waals surface area contributed by atoms with E-state index < -0.39 is 94.2 Å². The molecule has 0 spiro atoms. The van der Waals surface area contributed by atoms with Crippen molar-refractivity contribution in [1.29, 1.82) is 0 Å². The first-order chi connectivity index (χ1) is 25.2. The lowest BCUT2D eigenvalue weighted by molar-refractivity contribution is -0.143. The number of benzene rings is 1. The van der Waals surface area contributed by atoms with Crippen LogP contribution >= 0.6 is 0 Å². The molecule has 2 aromatic rings. The summed E-state index contributed by atoms with van der Waals surface area (Å²) in [6.45, 7) is 3.49. The minimum Gasteiger partial charge on any atom is -0.472 e. The van der Waals surface area contributed by atoms with Crippen molar-refractivity contribution in [3.8, 4) is 5.88 Å². The van der Waals surface area contributed by atoms with Gasteiger partial charge < -0.3 is 25.0 Å². The van der Waals surface area contributed by atoms with Crippen LogP contribution < -0.4 is 20.1 Å². The molecule has 17 heteroatoms. The van der Waals surface area contributed by atoms with E-state index in [9.17, 15) is 40.8 Å². The van der Waals surface area contributed by atoms with Crippen molar-refractivity contribution in [3.63, 3.8) is 0 Å². The summed E-state index contributed by atoms with van der Waals surface area (Å²) in [6, 6.07) is 4.72. The van der Waals surface area contributed by atoms with Gasteiger partial charge in [0.2, 0.25) is 27.7 Å². The second-order valence-electron chi connectivity index (χ2n) is 14.0. The number of carbonyl (C=O) groups excluding carboxylic acids is 4. The van der Waals surface area contributed by atoms with Crippen LogP contribution in [0.5, 0.6) is 5.88 Å². The summed E-state index contributed by atoms with van der Waals surface area (Å²) in [6.07, 6.45) is 0.999. The number of alkyl carbamates (subject to hydrolysis) is 1. The first-order valence-corrected chi connectivity index (χ1v) is 19.3. The lowest BCUT2D eigenvalue weighted by Crippen LogP contribution is -2.58. The van der Waals surface area contributed by atoms with Crippen LogP contribution in [0, 0.1) is 5.92 Å². The molecule has 1 aromatic carbocycles. The zero-order valence-electron chi connectivity index (χ0n) is 28.9. The highest BCUT2D eigenvalue weighted by Crippen LogP contribution is 2.45. The molecular weight excluding hydrogens is 719 g/mol. The average molecular weight is 762 g/mol. The van der Waals surface area contributed by atoms with Crippen molar-refractivity contribution in [3.05, 3.63) is 54.8 Å². The number of pyridine rings is 1. The van der Waals surface area contributed by atoms with Crippen LogP contribution in [0.1, 0.15) is 69.8 Å². The second kappa shape index (κ2) is 15.4. The third kappa shape index (κ3) is 9.11. The summed E-state index contributed by atoms with van der Waals surface area (Å²) in [5.74, 6) is -2.98. The Morgan fingerprint density at radius 1 is 1.17 bits per heavy atom. The number of carbonyl (C=O) groups is 4. The van der Waals surface area contributed by atoms with E-state index in [1.54, 1.807) is 12.3 Å². The van der Waals surface area contributed by atoms with E-state index in [2.05, 4.69) is 26.9 Å². The number of nitrogens with zero attached hydrogens (tertiary/aromatic N) is 2. The number of rotatable bonds is 9. The molecule has 4 bridgehead atoms. The number of hydrogen-bond acceptors (Lipinski definition) is 9. The van der Waals surface area contributed by atoms with E-state index >= 15 is 0 Å². The van der Waals surface area contributed by atoms with Gasteiger partial charge in [0.15, 0.2) is 0 Å². The topological polar surface area (TPSA) is 173 Å². The zero-order valence-corrected chi connectivity index (χ0v) is 29.7. The predicted molar refractivity (Wildman–Crippen MR) is 187 cm³/mol. The Morgan fingerprint density at radius 2 is 1.96 bits per heavy atom. The fraction of sp³-hybridized carbons (Fsp3) is 0.528. The van der Waals surface area contributed by atoms with E-state index in [4.69, 9.17) is 9.47 Å². The summed E-state index contributed by atoms with van der Waals surface area (Å²) >= 11 is 0. The molecule has 1 aromatic heterocycles. The van der Waals surface area contributed by atoms with Crippen LogP contribution in [0.25, 0.3) is 16.8 Å². The minimum atomic E-state index is -4.51. The van der Waals surface area contributed by atoms with Crippen LogP contribution in [0.4, 0.5) is 18.0 Å². The van der Waals surface area contributed by atoms with E-state index in [0.29, 0.717) is 37.5 Å². The van der Waals surface area contributed by atoms with E-state index in [1.165, 1.54) is 6.08 Å². The van der Waals surface area contributed by atoms with Gasteiger partial charge in [0.1, 0.15) is 23.7 Å². The Labute approximate surface area is 304 Å². The zero-order chi connectivity index (χ0) is 38.0. The highest BCUT2D eigenvalue weighted by molar-refractivity contribution is 7.91. The molecule has 6 rings (SSSR count). The fourth-order valence-corrected chi connectivity index (χ4v) is 8.17. The number of sulfonamides is 1. The standard InChI is InChI=1S/C36H42F3N5O8S/c1-2-24-20-35(24,33(47)43-53(49,50)26-12-13-26)42-30(45)29-19-25-21-44(29)32(46)28(9-7-15-36(37,38)39)41-34(48)51-17-6-4-3-5-8-22-10-11-23-14-16-40-31(52-25)27(23)18-22/h2,5,8,10-11,14,16,18,24-26,28-29H,1,3-4,6-7,9,12-13,15,17,19-21H2,(H,41,48)(H,42,45)(H,43,47)/b8-5+/t24-,25-,28+,29+,35?/m1/s1. The van der Waals surface area contributed by atoms with Gasteiger partial charge in [-0.3, -0.25) is 19.1 Å². The van der Waals surface area contributed by atoms with Gasteiger partial charge in [-0.25, -0.2) is 18.2 Å². The summed E-state index contributed by atoms with van der Waals surface area (Å²) in [4.78, 5) is 60.2. The molecule has 2 aliphatic carbocycles. The molecule has 4 amide bonds. The number of ether oxygens (including phenoxy) is 2. The fourth-order valence-electron chi connectivity index (χ4n) is 6.81. The third-order valence-corrected chi connectivity index (χ3v) is 11.8. The largest absolute Gasteiger partial charge is 0.472 e. The van der Waals surface area contributed by atoms with Gasteiger partial charge >= 0.3 is 12.3 Å². The highest BCUT2D eigenvalue weighted by atomic mass is 32.2. The smallest absolute Gasteiger partial charge is 0.407 e. The number of aromatic nitrogens is 1. The molecule has 3 heterocycles. The van der Waals surface area contributed by atoms with Crippen molar-refractivity contribution >= 4 is 50.7 Å². The second-order valence-corrected chi connectivity index (χ2v) is 16.0. The molecule has 3 N–H and O–H groups in total. The number of nitrogens with one attached hydrogen (secondary N) is 3. The number of alkyl halides is 3. The van der Waals surface area contributed by atoms with Gasteiger partial charge in [-0.2, -0.15) is 13.2 Å². The summed E-state index contributed by atoms with van der Waals surface area (Å²) in [5.41, 5.74) is -0.783. The van der Waals surface area contributed by atoms with Gasteiger partial charge in [0.25, 0.3) is 5.91 Å². The maximum absolute atomic E-state index is 14.2. The van der Waals surface area contributed by atoms with E-state index in [1.807, 2.05) is 30.4 Å². The monoisotopic (exact) mass is 761 g/mol. The SMILES string of the molecule is C=C[C@@H]1CC1(NC(=O)[C@@H]1C[C@@H]2CN1C(=O)[C@H](CCCC(F)(F)F)NC(=O)OCCCC/C=C/c1ccc3ccnc(c3c1)O2)C(=O)NS(=O)(=O)C1CC1. The Hall–Kier alpha value is -4.67. The Bertz CT molecular complexity index is 1900. The number of allylic oxidation sites excluding steroid dienone is 1. The summed E-state index contributed by atoms with van der Waals surface area (Å²) in [7, 11) is -3.97. The van der Waals surface area contributed by atoms with Gasteiger partial charge in [-0.1, -0.05) is 30.4 Å². The number of cyclic esters (lactones) is 1. The lowest BCUT2D eigenvalue weighted by atomic mass is 10.1. The van der Waals surface area contributed by atoms with Crippen molar-refractivity contribution in [1.82, 2.24) is 25.2 Å². The van der Waals surface area contributed by atoms with Crippen LogP contribution in [-0.4, -0.2) is 90.4 Å². The van der Waals surface area contributed by atoms with Gasteiger partial charge in [0, 0.05) is 30.3 Å². The molecule has 2 aliphatic heterocycles. The van der Waals surface area contributed by atoms with Crippen LogP contribution in [0.3, 0.4) is 0 Å². The van der Waals surface area contributed by atoms with Crippen molar-refractivity contribution < 1.29 is 50.2 Å². The summed E-state index contributed by atoms with van der Waals surface area (Å²) in [5, 5.41) is 5.86. The number of amides is 4. The Morgan fingerprint density at radius 3 is 2.68 bits per heavy atom. The number of fused-ring (bicyclic) bond motifs is 3. The normalized spacial score (nSPS) is 27.3. The molecular formula is C36H42F3N5O8S. The van der Waals surface area contributed by atoms with Crippen LogP contribution in [-0.2, 0) is 29.1 Å². The molecule has 3 fully saturated rings. The first kappa shape index (κ1) is 38.1. The molecule has 4 aliphatic rings. The van der Waals surface area contributed by atoms with Gasteiger partial charge in [-0.15, -0.1) is 6.58 Å². The maximum atomic E-state index is 14.2. The summed E-state index contributed by atoms with van der Waals surface area (Å²) < 4.78 is 78.4. The average Bonchev–Trinajstić information content (AvgIpc) is 4.03. The maximum Gasteiger partial charge on any atom is 0.407 e. The third-order valence-electron chi connectivity index (χ3n) is 9.98. The number of hydrogen-bond donors (Lipinski definition) is 3. The molecule has 1 unspecified atom stereocenters. The first-order valence-electron chi connectivity index (χ1n) is 17.7. The predicted octanol–water partition coefficient (Wildman–Crippen LogP) is 4.28. The number of halogens is 3. The quantitative estimate of drug-likeness (QED) is 0.316. The minimum absolute atomic E-state index is 0.00385. The van der Waals surface area contributed by atoms with Gasteiger partial charge in [0.05, 0.1) is 18.4 Å². The molecule has 5 atom stereocenters. The van der Waals surface area contributed by atoms with Crippen LogP contribution in [0.2, 0.25) is 0 Å². The molecule has 53 heavy (non-hydrogen) atoms. The lowest BCUT2D eigenvalue weighted by Gasteiger charge is -2.29. The van der Waals surface area contributed by atoms with Gasteiger partial charge in [-0.05, 0) is 74.4 Å². The molecule has 1 saturated heterocycles. The van der Waals surface area contributed by atoms with Crippen LogP contribution in [0.15, 0.2) is 49.2 Å². The molecule has 2 saturated carbocycles. The van der Waals surface area contributed by atoms with E-state index in [-0.39, 0.29) is 31.9 Å². The Kier molecular flexibility index (Phi) is 11.0. The van der Waals surface area contributed by atoms with Crippen molar-refractivity contribution in [2.75, 3.05) is 13.2 Å². The highest BCUT2D eigenvalue weighted by Gasteiger charge is 2.62. The molecule has 0 radical (unpaired) electrons.